The van der Waals surface area contributed by atoms with Crippen LogP contribution in [0.2, 0.25) is 0 Å². The van der Waals surface area contributed by atoms with E-state index < -0.39 is 21.7 Å². The minimum absolute atomic E-state index is 0.316. The van der Waals surface area contributed by atoms with Crippen LogP contribution in [0.3, 0.4) is 0 Å². The van der Waals surface area contributed by atoms with Crippen molar-refractivity contribution in [2.45, 2.75) is 4.21 Å². The average molecular weight is 327 g/mol. The Bertz CT molecular complexity index is 768. The summed E-state index contributed by atoms with van der Waals surface area (Å²) in [6.45, 7) is 0. The Balaban J connectivity index is 2.43. The van der Waals surface area contributed by atoms with Crippen molar-refractivity contribution in [2.75, 3.05) is 23.7 Å². The fourth-order valence-corrected chi connectivity index (χ4v) is 3.93. The molecule has 0 amide bonds. The van der Waals surface area contributed by atoms with E-state index in [1.54, 1.807) is 43.3 Å². The molecule has 1 aromatic carbocycles. The van der Waals surface area contributed by atoms with Gasteiger partial charge in [-0.05, 0) is 12.1 Å². The van der Waals surface area contributed by atoms with Crippen LogP contribution in [-0.4, -0.2) is 38.6 Å². The topological polar surface area (TPSA) is 99.6 Å². The highest BCUT2D eigenvalue weighted by Gasteiger charge is 2.26. The van der Waals surface area contributed by atoms with Crippen LogP contribution >= 0.6 is 11.3 Å². The van der Waals surface area contributed by atoms with Gasteiger partial charge in [0, 0.05) is 14.1 Å². The van der Waals surface area contributed by atoms with Crippen molar-refractivity contribution >= 4 is 38.7 Å². The number of thiazole rings is 1. The van der Waals surface area contributed by atoms with Crippen molar-refractivity contribution in [2.24, 2.45) is 0 Å². The molecule has 9 heteroatoms. The molecule has 0 aliphatic heterocycles. The zero-order valence-electron chi connectivity index (χ0n) is 11.3. The van der Waals surface area contributed by atoms with Crippen LogP contribution in [0.1, 0.15) is 10.5 Å². The number of nitrogens with one attached hydrogen (secondary N) is 1. The molecule has 112 valence electrons. The van der Waals surface area contributed by atoms with Gasteiger partial charge in [0.1, 0.15) is 0 Å². The molecule has 7 nitrogen and oxygen atoms in total. The molecule has 0 radical (unpaired) electrons. The molecule has 0 unspecified atom stereocenters. The number of para-hydroxylation sites is 2. The van der Waals surface area contributed by atoms with Gasteiger partial charge in [0.15, 0.2) is 9.90 Å². The maximum Gasteiger partial charge on any atom is 0.356 e. The van der Waals surface area contributed by atoms with Gasteiger partial charge in [-0.15, -0.1) is 11.3 Å². The Labute approximate surface area is 125 Å². The minimum atomic E-state index is -4.00. The van der Waals surface area contributed by atoms with E-state index in [4.69, 9.17) is 5.11 Å². The van der Waals surface area contributed by atoms with Crippen molar-refractivity contribution in [1.82, 2.24) is 4.98 Å². The van der Waals surface area contributed by atoms with E-state index in [9.17, 15) is 13.2 Å². The third kappa shape index (κ3) is 3.14. The number of rotatable bonds is 5. The average Bonchev–Trinajstić information content (AvgIpc) is 2.88. The lowest BCUT2D eigenvalue weighted by Crippen LogP contribution is -2.18. The van der Waals surface area contributed by atoms with Crippen molar-refractivity contribution in [1.29, 1.82) is 0 Å². The number of carboxylic acids is 1. The number of hydrogen-bond donors (Lipinski definition) is 2. The summed E-state index contributed by atoms with van der Waals surface area (Å²) in [5.74, 6) is -1.38. The zero-order valence-corrected chi connectivity index (χ0v) is 12.9. The summed E-state index contributed by atoms with van der Waals surface area (Å²) in [7, 11) is -0.443. The summed E-state index contributed by atoms with van der Waals surface area (Å²) >= 11 is 0.762. The lowest BCUT2D eigenvalue weighted by Gasteiger charge is -2.18. The SMILES string of the molecule is CN(C)c1ccccc1NS(=O)(=O)c1scnc1C(=O)O. The monoisotopic (exact) mass is 327 g/mol. The van der Waals surface area contributed by atoms with Crippen LogP contribution < -0.4 is 9.62 Å². The molecular weight excluding hydrogens is 314 g/mol. The van der Waals surface area contributed by atoms with E-state index in [0.717, 1.165) is 11.3 Å². The number of benzene rings is 1. The van der Waals surface area contributed by atoms with Gasteiger partial charge in [-0.2, -0.15) is 0 Å². The summed E-state index contributed by atoms with van der Waals surface area (Å²) in [5.41, 5.74) is 1.75. The first-order valence-electron chi connectivity index (χ1n) is 5.79. The number of hydrogen-bond acceptors (Lipinski definition) is 6. The summed E-state index contributed by atoms with van der Waals surface area (Å²) in [6.07, 6.45) is 0. The molecule has 0 bridgehead atoms. The molecule has 2 aromatic rings. The highest BCUT2D eigenvalue weighted by atomic mass is 32.2. The van der Waals surface area contributed by atoms with E-state index in [0.29, 0.717) is 11.4 Å². The smallest absolute Gasteiger partial charge is 0.356 e. The van der Waals surface area contributed by atoms with E-state index in [2.05, 4.69) is 9.71 Å². The number of sulfonamides is 1. The Kier molecular flexibility index (Phi) is 4.14. The molecule has 2 rings (SSSR count). The molecule has 0 saturated heterocycles. The highest BCUT2D eigenvalue weighted by Crippen LogP contribution is 2.28. The normalized spacial score (nSPS) is 11.1. The van der Waals surface area contributed by atoms with Gasteiger partial charge in [0.2, 0.25) is 0 Å². The lowest BCUT2D eigenvalue weighted by atomic mass is 10.2. The Morgan fingerprint density at radius 3 is 2.62 bits per heavy atom. The van der Waals surface area contributed by atoms with Crippen LogP contribution in [0, 0.1) is 0 Å². The molecule has 21 heavy (non-hydrogen) atoms. The highest BCUT2D eigenvalue weighted by molar-refractivity contribution is 7.94. The number of anilines is 2. The van der Waals surface area contributed by atoms with Gasteiger partial charge in [0.25, 0.3) is 10.0 Å². The molecule has 2 N–H and O–H groups in total. The number of carboxylic acid groups (broad SMARTS) is 1. The molecule has 0 aliphatic carbocycles. The lowest BCUT2D eigenvalue weighted by molar-refractivity contribution is 0.0687. The Morgan fingerprint density at radius 1 is 1.33 bits per heavy atom. The van der Waals surface area contributed by atoms with Crippen LogP contribution in [0.5, 0.6) is 0 Å². The van der Waals surface area contributed by atoms with Crippen molar-refractivity contribution in [3.05, 3.63) is 35.5 Å². The third-order valence-electron chi connectivity index (χ3n) is 2.61. The maximum absolute atomic E-state index is 12.3. The predicted molar refractivity (Wildman–Crippen MR) is 80.7 cm³/mol. The summed E-state index contributed by atoms with van der Waals surface area (Å²) in [4.78, 5) is 16.3. The summed E-state index contributed by atoms with van der Waals surface area (Å²) < 4.78 is 26.8. The molecule has 1 aromatic heterocycles. The first kappa shape index (κ1) is 15.3. The fraction of sp³-hybridized carbons (Fsp3) is 0.167. The van der Waals surface area contributed by atoms with Crippen LogP contribution in [0.25, 0.3) is 0 Å². The van der Waals surface area contributed by atoms with Crippen LogP contribution in [0.15, 0.2) is 34.0 Å². The van der Waals surface area contributed by atoms with Gasteiger partial charge < -0.3 is 10.0 Å². The second kappa shape index (κ2) is 5.70. The maximum atomic E-state index is 12.3. The third-order valence-corrected chi connectivity index (χ3v) is 5.35. The quantitative estimate of drug-likeness (QED) is 0.867. The first-order chi connectivity index (χ1) is 9.83. The van der Waals surface area contributed by atoms with E-state index in [-0.39, 0.29) is 4.21 Å². The van der Waals surface area contributed by atoms with Gasteiger partial charge in [-0.25, -0.2) is 18.2 Å². The van der Waals surface area contributed by atoms with Gasteiger partial charge in [0.05, 0.1) is 16.9 Å². The molecule has 0 atom stereocenters. The van der Waals surface area contributed by atoms with Gasteiger partial charge in [-0.3, -0.25) is 4.72 Å². The summed E-state index contributed by atoms with van der Waals surface area (Å²) in [6, 6.07) is 6.83. The largest absolute Gasteiger partial charge is 0.476 e. The summed E-state index contributed by atoms with van der Waals surface area (Å²) in [5, 5.41) is 8.97. The molecule has 0 fully saturated rings. The molecule has 0 spiro atoms. The Hall–Kier alpha value is -2.13. The van der Waals surface area contributed by atoms with Crippen molar-refractivity contribution < 1.29 is 18.3 Å². The van der Waals surface area contributed by atoms with Crippen LogP contribution in [0.4, 0.5) is 11.4 Å². The first-order valence-corrected chi connectivity index (χ1v) is 8.15. The fourth-order valence-electron chi connectivity index (χ4n) is 1.71. The van der Waals surface area contributed by atoms with Gasteiger partial charge >= 0.3 is 5.97 Å². The number of aromatic carboxylic acids is 1. The number of carbonyl (C=O) groups is 1. The molecule has 1 heterocycles. The van der Waals surface area contributed by atoms with E-state index >= 15 is 0 Å². The standard InChI is InChI=1S/C12H13N3O4S2/c1-15(2)9-6-4-3-5-8(9)14-21(18,19)12-10(11(16)17)13-7-20-12/h3-7,14H,1-2H3,(H,16,17). The molecular formula is C12H13N3O4S2. The second-order valence-electron chi connectivity index (χ2n) is 4.31. The Morgan fingerprint density at radius 2 is 2.00 bits per heavy atom. The van der Waals surface area contributed by atoms with Gasteiger partial charge in [-0.1, -0.05) is 12.1 Å². The van der Waals surface area contributed by atoms with Crippen molar-refractivity contribution in [3.8, 4) is 0 Å². The number of aromatic nitrogens is 1. The molecule has 0 saturated carbocycles. The zero-order chi connectivity index (χ0) is 15.6. The molecule has 0 aliphatic rings. The van der Waals surface area contributed by atoms with Crippen molar-refractivity contribution in [3.63, 3.8) is 0 Å². The predicted octanol–water partition coefficient (Wildman–Crippen LogP) is 1.71. The number of nitrogens with zero attached hydrogens (tertiary/aromatic N) is 2. The van der Waals surface area contributed by atoms with E-state index in [1.807, 2.05) is 0 Å². The van der Waals surface area contributed by atoms with E-state index in [1.165, 1.54) is 5.51 Å². The minimum Gasteiger partial charge on any atom is -0.476 e. The second-order valence-corrected chi connectivity index (χ2v) is 7.04. The van der Waals surface area contributed by atoms with Crippen LogP contribution in [-0.2, 0) is 10.0 Å².